The first-order valence-corrected chi connectivity index (χ1v) is 8.96. The van der Waals surface area contributed by atoms with E-state index in [1.807, 2.05) is 81.7 Å². The molecule has 1 amide bonds. The smallest absolute Gasteiger partial charge is 0.276 e. The highest BCUT2D eigenvalue weighted by Gasteiger charge is 2.17. The van der Waals surface area contributed by atoms with E-state index < -0.39 is 0 Å². The molecule has 2 aromatic carbocycles. The van der Waals surface area contributed by atoms with E-state index in [2.05, 4.69) is 15.2 Å². The molecule has 138 valence electrons. The lowest BCUT2D eigenvalue weighted by atomic mass is 10.2. The van der Waals surface area contributed by atoms with Crippen LogP contribution in [0.3, 0.4) is 0 Å². The van der Waals surface area contributed by atoms with Crippen molar-refractivity contribution in [3.05, 3.63) is 78.6 Å². The minimum Gasteiger partial charge on any atom is -0.378 e. The molecular formula is C22H24N4O. The lowest BCUT2D eigenvalue weighted by Crippen LogP contribution is -2.31. The predicted octanol–water partition coefficient (Wildman–Crippen LogP) is 4.56. The molecule has 5 nitrogen and oxygen atoms in total. The van der Waals surface area contributed by atoms with E-state index in [4.69, 9.17) is 0 Å². The second-order valence-electron chi connectivity index (χ2n) is 6.38. The zero-order valence-electron chi connectivity index (χ0n) is 15.9. The Labute approximate surface area is 160 Å². The molecule has 1 N–H and O–H groups in total. The number of hydrogen-bond donors (Lipinski definition) is 1. The number of pyridine rings is 1. The fraction of sp³-hybridized carbons (Fsp3) is 0.182. The summed E-state index contributed by atoms with van der Waals surface area (Å²) >= 11 is 0. The van der Waals surface area contributed by atoms with Crippen LogP contribution in [-0.4, -0.2) is 31.5 Å². The number of benzene rings is 2. The normalized spacial score (nSPS) is 10.3. The van der Waals surface area contributed by atoms with E-state index in [9.17, 15) is 4.79 Å². The predicted molar refractivity (Wildman–Crippen MR) is 112 cm³/mol. The van der Waals surface area contributed by atoms with E-state index in [-0.39, 0.29) is 5.91 Å². The van der Waals surface area contributed by atoms with Gasteiger partial charge in [0.1, 0.15) is 5.69 Å². The zero-order valence-corrected chi connectivity index (χ0v) is 15.9. The van der Waals surface area contributed by atoms with Gasteiger partial charge in [0.15, 0.2) is 0 Å². The Hall–Kier alpha value is -3.34. The van der Waals surface area contributed by atoms with Crippen molar-refractivity contribution in [2.45, 2.75) is 6.92 Å². The van der Waals surface area contributed by atoms with Crippen molar-refractivity contribution < 1.29 is 4.79 Å². The van der Waals surface area contributed by atoms with Gasteiger partial charge in [-0.15, -0.1) is 0 Å². The van der Waals surface area contributed by atoms with Crippen LogP contribution in [0.1, 0.15) is 17.4 Å². The van der Waals surface area contributed by atoms with E-state index in [1.54, 1.807) is 17.2 Å². The van der Waals surface area contributed by atoms with Crippen LogP contribution >= 0.6 is 0 Å². The van der Waals surface area contributed by atoms with Gasteiger partial charge in [0.25, 0.3) is 5.91 Å². The summed E-state index contributed by atoms with van der Waals surface area (Å²) in [7, 11) is 4.02. The molecule has 5 heteroatoms. The molecule has 0 bridgehead atoms. The molecule has 3 rings (SSSR count). The summed E-state index contributed by atoms with van der Waals surface area (Å²) in [5.74, 6) is -0.115. The minimum atomic E-state index is -0.115. The van der Waals surface area contributed by atoms with E-state index in [0.717, 1.165) is 22.7 Å². The lowest BCUT2D eigenvalue weighted by Gasteiger charge is -2.21. The molecule has 0 aliphatic heterocycles. The molecule has 0 radical (unpaired) electrons. The summed E-state index contributed by atoms with van der Waals surface area (Å²) in [5.41, 5.74) is 4.20. The Morgan fingerprint density at radius 1 is 0.926 bits per heavy atom. The maximum Gasteiger partial charge on any atom is 0.276 e. The van der Waals surface area contributed by atoms with E-state index >= 15 is 0 Å². The van der Waals surface area contributed by atoms with Crippen LogP contribution in [-0.2, 0) is 0 Å². The molecule has 0 aliphatic rings. The van der Waals surface area contributed by atoms with Crippen molar-refractivity contribution in [3.8, 4) is 0 Å². The van der Waals surface area contributed by atoms with Gasteiger partial charge in [-0.3, -0.25) is 9.78 Å². The summed E-state index contributed by atoms with van der Waals surface area (Å²) < 4.78 is 0. The first kappa shape index (κ1) is 18.5. The average molecular weight is 360 g/mol. The van der Waals surface area contributed by atoms with Crippen molar-refractivity contribution in [2.24, 2.45) is 0 Å². The summed E-state index contributed by atoms with van der Waals surface area (Å²) in [4.78, 5) is 21.0. The van der Waals surface area contributed by atoms with Crippen LogP contribution in [0.2, 0.25) is 0 Å². The van der Waals surface area contributed by atoms with E-state index in [1.165, 1.54) is 0 Å². The summed E-state index contributed by atoms with van der Waals surface area (Å²) in [6.45, 7) is 2.54. The second-order valence-corrected chi connectivity index (χ2v) is 6.38. The van der Waals surface area contributed by atoms with Crippen LogP contribution in [0, 0.1) is 0 Å². The van der Waals surface area contributed by atoms with Crippen molar-refractivity contribution >= 4 is 28.7 Å². The molecule has 0 saturated heterocycles. The third kappa shape index (κ3) is 4.44. The summed E-state index contributed by atoms with van der Waals surface area (Å²) in [5, 5.41) is 3.33. The number of aromatic nitrogens is 1. The first-order chi connectivity index (χ1) is 13.1. The van der Waals surface area contributed by atoms with Gasteiger partial charge in [-0.25, -0.2) is 0 Å². The Morgan fingerprint density at radius 2 is 1.63 bits per heavy atom. The van der Waals surface area contributed by atoms with Gasteiger partial charge in [-0.1, -0.05) is 18.2 Å². The van der Waals surface area contributed by atoms with Crippen LogP contribution in [0.5, 0.6) is 0 Å². The Bertz CT molecular complexity index is 892. The van der Waals surface area contributed by atoms with Gasteiger partial charge in [0.05, 0.1) is 0 Å². The average Bonchev–Trinajstić information content (AvgIpc) is 2.70. The van der Waals surface area contributed by atoms with Gasteiger partial charge >= 0.3 is 0 Å². The highest BCUT2D eigenvalue weighted by atomic mass is 16.2. The van der Waals surface area contributed by atoms with Crippen LogP contribution in [0.4, 0.5) is 22.7 Å². The second kappa shape index (κ2) is 8.36. The Morgan fingerprint density at radius 3 is 2.26 bits per heavy atom. The fourth-order valence-corrected chi connectivity index (χ4v) is 2.82. The van der Waals surface area contributed by atoms with Gasteiger partial charge in [0, 0.05) is 49.6 Å². The standard InChI is InChI=1S/C22H24N4O/c1-4-26(20-8-6-5-7-9-20)22(27)21-16-18(14-15-23-21)24-17-10-12-19(13-11-17)25(2)3/h5-16H,4H2,1-3H3,(H,23,24). The van der Waals surface area contributed by atoms with Crippen molar-refractivity contribution in [1.29, 1.82) is 0 Å². The number of carbonyl (C=O) groups excluding carboxylic acids is 1. The highest BCUT2D eigenvalue weighted by Crippen LogP contribution is 2.22. The van der Waals surface area contributed by atoms with Crippen LogP contribution in [0.15, 0.2) is 72.9 Å². The van der Waals surface area contributed by atoms with E-state index in [0.29, 0.717) is 12.2 Å². The molecule has 0 unspecified atom stereocenters. The zero-order chi connectivity index (χ0) is 19.2. The maximum atomic E-state index is 12.9. The van der Waals surface area contributed by atoms with Gasteiger partial charge < -0.3 is 15.1 Å². The molecule has 0 fully saturated rings. The quantitative estimate of drug-likeness (QED) is 0.700. The molecule has 0 spiro atoms. The molecule has 27 heavy (non-hydrogen) atoms. The number of amides is 1. The number of anilines is 4. The lowest BCUT2D eigenvalue weighted by molar-refractivity contribution is 0.0983. The monoisotopic (exact) mass is 360 g/mol. The molecule has 0 saturated carbocycles. The number of carbonyl (C=O) groups is 1. The van der Waals surface area contributed by atoms with Gasteiger partial charge in [-0.05, 0) is 55.5 Å². The maximum absolute atomic E-state index is 12.9. The molecule has 3 aromatic rings. The molecule has 0 aliphatic carbocycles. The first-order valence-electron chi connectivity index (χ1n) is 8.96. The van der Waals surface area contributed by atoms with Gasteiger partial charge in [0.2, 0.25) is 0 Å². The Balaban J connectivity index is 1.79. The number of rotatable bonds is 6. The highest BCUT2D eigenvalue weighted by molar-refractivity contribution is 6.05. The summed E-state index contributed by atoms with van der Waals surface area (Å²) in [6, 6.07) is 21.4. The van der Waals surface area contributed by atoms with Crippen molar-refractivity contribution in [3.63, 3.8) is 0 Å². The van der Waals surface area contributed by atoms with Gasteiger partial charge in [-0.2, -0.15) is 0 Å². The summed E-state index contributed by atoms with van der Waals surface area (Å²) in [6.07, 6.45) is 1.66. The molecule has 0 atom stereocenters. The Kier molecular flexibility index (Phi) is 5.71. The van der Waals surface area contributed by atoms with Crippen molar-refractivity contribution in [2.75, 3.05) is 35.8 Å². The molecule has 1 heterocycles. The third-order valence-corrected chi connectivity index (χ3v) is 4.28. The topological polar surface area (TPSA) is 48.5 Å². The molecular weight excluding hydrogens is 336 g/mol. The number of para-hydroxylation sites is 1. The number of nitrogens with zero attached hydrogens (tertiary/aromatic N) is 3. The molecule has 1 aromatic heterocycles. The number of nitrogens with one attached hydrogen (secondary N) is 1. The third-order valence-electron chi connectivity index (χ3n) is 4.28. The van der Waals surface area contributed by atoms with Crippen LogP contribution < -0.4 is 15.1 Å². The van der Waals surface area contributed by atoms with Crippen LogP contribution in [0.25, 0.3) is 0 Å². The van der Waals surface area contributed by atoms with Crippen molar-refractivity contribution in [1.82, 2.24) is 4.98 Å². The fourth-order valence-electron chi connectivity index (χ4n) is 2.82. The number of hydrogen-bond acceptors (Lipinski definition) is 4. The minimum absolute atomic E-state index is 0.115. The SMILES string of the molecule is CCN(C(=O)c1cc(Nc2ccc(N(C)C)cc2)ccn1)c1ccccc1. The largest absolute Gasteiger partial charge is 0.378 e.